The van der Waals surface area contributed by atoms with Crippen LogP contribution in [0.3, 0.4) is 0 Å². The van der Waals surface area contributed by atoms with Crippen molar-refractivity contribution in [2.24, 2.45) is 0 Å². The second-order valence-corrected chi connectivity index (χ2v) is 7.28. The SMILES string of the molecule is CCS(=O)(=O)c1ccccc1C(=O)OCC(=O)Nc1cccc(F)c1. The maximum atomic E-state index is 13.0. The van der Waals surface area contributed by atoms with Crippen molar-refractivity contribution in [2.75, 3.05) is 17.7 Å². The number of carbonyl (C=O) groups excluding carboxylic acids is 2. The van der Waals surface area contributed by atoms with Gasteiger partial charge in [-0.05, 0) is 30.3 Å². The molecule has 0 spiro atoms. The molecule has 0 radical (unpaired) electrons. The first-order valence-corrected chi connectivity index (χ1v) is 9.03. The molecule has 2 aromatic carbocycles. The second-order valence-electron chi connectivity index (χ2n) is 5.03. The van der Waals surface area contributed by atoms with E-state index in [0.29, 0.717) is 0 Å². The van der Waals surface area contributed by atoms with Gasteiger partial charge >= 0.3 is 5.97 Å². The van der Waals surface area contributed by atoms with Crippen LogP contribution in [0.2, 0.25) is 0 Å². The van der Waals surface area contributed by atoms with Crippen molar-refractivity contribution in [3.63, 3.8) is 0 Å². The fourth-order valence-electron chi connectivity index (χ4n) is 2.03. The number of benzene rings is 2. The molecule has 1 amide bonds. The molecule has 2 aromatic rings. The van der Waals surface area contributed by atoms with E-state index >= 15 is 0 Å². The van der Waals surface area contributed by atoms with Gasteiger partial charge in [0.15, 0.2) is 16.4 Å². The Hall–Kier alpha value is -2.74. The number of amides is 1. The monoisotopic (exact) mass is 365 g/mol. The lowest BCUT2D eigenvalue weighted by atomic mass is 10.2. The summed E-state index contributed by atoms with van der Waals surface area (Å²) in [6.45, 7) is 0.833. The summed E-state index contributed by atoms with van der Waals surface area (Å²) in [5.41, 5.74) is 0.0814. The van der Waals surface area contributed by atoms with Gasteiger partial charge in [-0.15, -0.1) is 0 Å². The van der Waals surface area contributed by atoms with Crippen LogP contribution in [0.25, 0.3) is 0 Å². The molecular formula is C17H16FNO5S. The van der Waals surface area contributed by atoms with E-state index in [1.165, 1.54) is 49.4 Å². The van der Waals surface area contributed by atoms with Crippen molar-refractivity contribution in [3.8, 4) is 0 Å². The summed E-state index contributed by atoms with van der Waals surface area (Å²) in [5, 5.41) is 2.37. The highest BCUT2D eigenvalue weighted by molar-refractivity contribution is 7.91. The molecule has 0 fully saturated rings. The summed E-state index contributed by atoms with van der Waals surface area (Å²) in [6.07, 6.45) is 0. The summed E-state index contributed by atoms with van der Waals surface area (Å²) >= 11 is 0. The van der Waals surface area contributed by atoms with Crippen molar-refractivity contribution in [1.82, 2.24) is 0 Å². The molecule has 132 valence electrons. The summed E-state index contributed by atoms with van der Waals surface area (Å²) in [6, 6.07) is 10.9. The van der Waals surface area contributed by atoms with E-state index in [-0.39, 0.29) is 21.9 Å². The number of esters is 1. The smallest absolute Gasteiger partial charge is 0.339 e. The summed E-state index contributed by atoms with van der Waals surface area (Å²) in [7, 11) is -3.61. The van der Waals surface area contributed by atoms with E-state index in [4.69, 9.17) is 4.74 Å². The van der Waals surface area contributed by atoms with Crippen molar-refractivity contribution >= 4 is 27.4 Å². The summed E-state index contributed by atoms with van der Waals surface area (Å²) in [5.74, 6) is -2.29. The Kier molecular flexibility index (Phi) is 5.87. The number of ether oxygens (including phenoxy) is 1. The third-order valence-corrected chi connectivity index (χ3v) is 5.05. The predicted molar refractivity (Wildman–Crippen MR) is 89.5 cm³/mol. The topological polar surface area (TPSA) is 89.5 Å². The standard InChI is InChI=1S/C17H16FNO5S/c1-2-25(22,23)15-9-4-3-8-14(15)17(21)24-11-16(20)19-13-7-5-6-12(18)10-13/h3-10H,2,11H2,1H3,(H,19,20). The molecule has 0 unspecified atom stereocenters. The first-order chi connectivity index (χ1) is 11.8. The third-order valence-electron chi connectivity index (χ3n) is 3.26. The van der Waals surface area contributed by atoms with Gasteiger partial charge in [0.05, 0.1) is 16.2 Å². The Labute approximate surface area is 144 Å². The number of halogens is 1. The highest BCUT2D eigenvalue weighted by Crippen LogP contribution is 2.18. The zero-order valence-electron chi connectivity index (χ0n) is 13.4. The highest BCUT2D eigenvalue weighted by Gasteiger charge is 2.22. The molecule has 1 N–H and O–H groups in total. The Morgan fingerprint density at radius 1 is 1.12 bits per heavy atom. The van der Waals surface area contributed by atoms with Crippen LogP contribution in [0.5, 0.6) is 0 Å². The lowest BCUT2D eigenvalue weighted by Gasteiger charge is -2.10. The number of anilines is 1. The van der Waals surface area contributed by atoms with Crippen LogP contribution >= 0.6 is 0 Å². The predicted octanol–water partition coefficient (Wildman–Crippen LogP) is 2.41. The number of hydrogen-bond donors (Lipinski definition) is 1. The van der Waals surface area contributed by atoms with E-state index in [0.717, 1.165) is 6.07 Å². The van der Waals surface area contributed by atoms with Gasteiger partial charge in [0.1, 0.15) is 5.82 Å². The quantitative estimate of drug-likeness (QED) is 0.794. The maximum absolute atomic E-state index is 13.0. The van der Waals surface area contributed by atoms with Gasteiger partial charge < -0.3 is 10.1 Å². The van der Waals surface area contributed by atoms with Crippen LogP contribution in [-0.2, 0) is 19.4 Å². The van der Waals surface area contributed by atoms with E-state index in [9.17, 15) is 22.4 Å². The lowest BCUT2D eigenvalue weighted by Crippen LogP contribution is -2.22. The molecule has 0 aliphatic carbocycles. The minimum Gasteiger partial charge on any atom is -0.452 e. The van der Waals surface area contributed by atoms with Crippen molar-refractivity contribution in [2.45, 2.75) is 11.8 Å². The maximum Gasteiger partial charge on any atom is 0.339 e. The summed E-state index contributed by atoms with van der Waals surface area (Å²) < 4.78 is 41.9. The zero-order valence-corrected chi connectivity index (χ0v) is 14.2. The van der Waals surface area contributed by atoms with Crippen LogP contribution in [0.4, 0.5) is 10.1 Å². The van der Waals surface area contributed by atoms with Gasteiger partial charge in [0.25, 0.3) is 5.91 Å². The van der Waals surface area contributed by atoms with Gasteiger partial charge in [0.2, 0.25) is 0 Å². The Morgan fingerprint density at radius 2 is 1.84 bits per heavy atom. The first kappa shape index (κ1) is 18.6. The number of sulfone groups is 1. The van der Waals surface area contributed by atoms with Gasteiger partial charge in [-0.1, -0.05) is 25.1 Å². The molecule has 0 saturated carbocycles. The minimum atomic E-state index is -3.61. The molecule has 0 aromatic heterocycles. The third kappa shape index (κ3) is 4.87. The van der Waals surface area contributed by atoms with Crippen LogP contribution in [-0.4, -0.2) is 32.7 Å². The van der Waals surface area contributed by atoms with Crippen LogP contribution in [0.1, 0.15) is 17.3 Å². The van der Waals surface area contributed by atoms with Crippen molar-refractivity contribution in [3.05, 3.63) is 59.9 Å². The van der Waals surface area contributed by atoms with Crippen LogP contribution < -0.4 is 5.32 Å². The van der Waals surface area contributed by atoms with E-state index < -0.39 is 34.1 Å². The largest absolute Gasteiger partial charge is 0.452 e. The zero-order chi connectivity index (χ0) is 18.4. The normalized spacial score (nSPS) is 11.0. The van der Waals surface area contributed by atoms with E-state index in [2.05, 4.69) is 5.32 Å². The molecule has 0 bridgehead atoms. The Bertz CT molecular complexity index is 895. The Balaban J connectivity index is 2.05. The number of hydrogen-bond acceptors (Lipinski definition) is 5. The molecule has 0 aliphatic heterocycles. The molecule has 25 heavy (non-hydrogen) atoms. The molecular weight excluding hydrogens is 349 g/mol. The van der Waals surface area contributed by atoms with Crippen molar-refractivity contribution < 1.29 is 27.1 Å². The number of rotatable bonds is 6. The first-order valence-electron chi connectivity index (χ1n) is 7.38. The van der Waals surface area contributed by atoms with Gasteiger partial charge in [-0.25, -0.2) is 17.6 Å². The minimum absolute atomic E-state index is 0.136. The van der Waals surface area contributed by atoms with E-state index in [1.807, 2.05) is 0 Å². The second kappa shape index (κ2) is 7.89. The van der Waals surface area contributed by atoms with Crippen LogP contribution in [0, 0.1) is 5.82 Å². The molecule has 2 rings (SSSR count). The van der Waals surface area contributed by atoms with Gasteiger partial charge in [-0.3, -0.25) is 4.79 Å². The molecule has 8 heteroatoms. The fourth-order valence-corrected chi connectivity index (χ4v) is 3.12. The Morgan fingerprint density at radius 3 is 2.52 bits per heavy atom. The fraction of sp³-hybridized carbons (Fsp3) is 0.176. The highest BCUT2D eigenvalue weighted by atomic mass is 32.2. The molecule has 0 heterocycles. The van der Waals surface area contributed by atoms with Crippen LogP contribution in [0.15, 0.2) is 53.4 Å². The molecule has 0 aliphatic rings. The number of carbonyl (C=O) groups is 2. The summed E-state index contributed by atoms with van der Waals surface area (Å²) in [4.78, 5) is 23.7. The average Bonchev–Trinajstić information content (AvgIpc) is 2.59. The van der Waals surface area contributed by atoms with Crippen molar-refractivity contribution in [1.29, 1.82) is 0 Å². The van der Waals surface area contributed by atoms with Gasteiger partial charge in [0, 0.05) is 5.69 Å². The molecule has 0 saturated heterocycles. The number of nitrogens with one attached hydrogen (secondary N) is 1. The van der Waals surface area contributed by atoms with Gasteiger partial charge in [-0.2, -0.15) is 0 Å². The molecule has 6 nitrogen and oxygen atoms in total. The average molecular weight is 365 g/mol. The van der Waals surface area contributed by atoms with E-state index in [1.54, 1.807) is 0 Å². The molecule has 0 atom stereocenters. The lowest BCUT2D eigenvalue weighted by molar-refractivity contribution is -0.119.